The third-order valence-corrected chi connectivity index (χ3v) is 2.81. The first kappa shape index (κ1) is 13.5. The van der Waals surface area contributed by atoms with E-state index in [1.54, 1.807) is 7.05 Å². The quantitative estimate of drug-likeness (QED) is 0.909. The second kappa shape index (κ2) is 6.33. The number of ether oxygens (including phenoxy) is 2. The molecule has 1 N–H and O–H groups in total. The Morgan fingerprint density at radius 2 is 1.79 bits per heavy atom. The number of anilines is 1. The number of nitrogens with one attached hydrogen (secondary N) is 1. The minimum atomic E-state index is 0.213. The molecule has 2 aromatic rings. The standard InChI is InChI=1S/C12H13BrN4O2/c1-14-10-15-11(18-2)17-12(16-10)19-7-8-3-5-9(13)6-4-8/h3-6H,7H2,1-2H3,(H,14,15,16,17). The van der Waals surface area contributed by atoms with E-state index in [0.29, 0.717) is 12.6 Å². The van der Waals surface area contributed by atoms with E-state index in [0.717, 1.165) is 10.0 Å². The summed E-state index contributed by atoms with van der Waals surface area (Å²) in [5, 5.41) is 2.82. The summed E-state index contributed by atoms with van der Waals surface area (Å²) in [6, 6.07) is 8.25. The largest absolute Gasteiger partial charge is 0.467 e. The van der Waals surface area contributed by atoms with Crippen LogP contribution in [0.4, 0.5) is 5.95 Å². The third-order valence-electron chi connectivity index (χ3n) is 2.28. The number of methoxy groups -OCH3 is 1. The SMILES string of the molecule is CNc1nc(OC)nc(OCc2ccc(Br)cc2)n1. The highest BCUT2D eigenvalue weighted by Gasteiger charge is 2.06. The van der Waals surface area contributed by atoms with Crippen LogP contribution >= 0.6 is 15.9 Å². The first-order valence-electron chi connectivity index (χ1n) is 5.56. The van der Waals surface area contributed by atoms with Crippen molar-refractivity contribution in [2.45, 2.75) is 6.61 Å². The van der Waals surface area contributed by atoms with Crippen LogP contribution in [-0.2, 0) is 6.61 Å². The second-order valence-electron chi connectivity index (χ2n) is 3.59. The Hall–Kier alpha value is -1.89. The van der Waals surface area contributed by atoms with Gasteiger partial charge < -0.3 is 14.8 Å². The van der Waals surface area contributed by atoms with Gasteiger partial charge in [0.05, 0.1) is 7.11 Å². The lowest BCUT2D eigenvalue weighted by Crippen LogP contribution is -2.05. The fourth-order valence-corrected chi connectivity index (χ4v) is 1.60. The minimum absolute atomic E-state index is 0.213. The third kappa shape index (κ3) is 3.78. The lowest BCUT2D eigenvalue weighted by Gasteiger charge is -2.07. The number of aromatic nitrogens is 3. The fraction of sp³-hybridized carbons (Fsp3) is 0.250. The number of hydrogen-bond acceptors (Lipinski definition) is 6. The summed E-state index contributed by atoms with van der Waals surface area (Å²) >= 11 is 3.38. The van der Waals surface area contributed by atoms with Crippen molar-refractivity contribution < 1.29 is 9.47 Å². The Morgan fingerprint density at radius 3 is 2.42 bits per heavy atom. The van der Waals surface area contributed by atoms with E-state index in [9.17, 15) is 0 Å². The molecule has 0 atom stereocenters. The van der Waals surface area contributed by atoms with Crippen LogP contribution in [0.3, 0.4) is 0 Å². The fourth-order valence-electron chi connectivity index (χ4n) is 1.33. The molecule has 0 saturated carbocycles. The highest BCUT2D eigenvalue weighted by Crippen LogP contribution is 2.15. The van der Waals surface area contributed by atoms with Crippen LogP contribution in [0.5, 0.6) is 12.0 Å². The summed E-state index contributed by atoms with van der Waals surface area (Å²) in [6.45, 7) is 0.379. The van der Waals surface area contributed by atoms with E-state index in [4.69, 9.17) is 9.47 Å². The Bertz CT molecular complexity index is 526. The monoisotopic (exact) mass is 324 g/mol. The van der Waals surface area contributed by atoms with Gasteiger partial charge >= 0.3 is 12.0 Å². The number of benzene rings is 1. The molecule has 19 heavy (non-hydrogen) atoms. The van der Waals surface area contributed by atoms with E-state index in [2.05, 4.69) is 36.2 Å². The van der Waals surface area contributed by atoms with Gasteiger partial charge in [-0.15, -0.1) is 4.98 Å². The molecule has 0 saturated heterocycles. The Kier molecular flexibility index (Phi) is 4.51. The van der Waals surface area contributed by atoms with E-state index >= 15 is 0 Å². The van der Waals surface area contributed by atoms with E-state index in [1.165, 1.54) is 7.11 Å². The Morgan fingerprint density at radius 1 is 1.11 bits per heavy atom. The lowest BCUT2D eigenvalue weighted by molar-refractivity contribution is 0.271. The summed E-state index contributed by atoms with van der Waals surface area (Å²) in [4.78, 5) is 12.1. The summed E-state index contributed by atoms with van der Waals surface area (Å²) in [7, 11) is 3.21. The van der Waals surface area contributed by atoms with Crippen molar-refractivity contribution in [3.8, 4) is 12.0 Å². The topological polar surface area (TPSA) is 69.2 Å². The van der Waals surface area contributed by atoms with Gasteiger partial charge in [0.25, 0.3) is 0 Å². The van der Waals surface area contributed by atoms with Crippen molar-refractivity contribution in [2.75, 3.05) is 19.5 Å². The lowest BCUT2D eigenvalue weighted by atomic mass is 10.2. The predicted octanol–water partition coefficient (Wildman–Crippen LogP) is 2.26. The van der Waals surface area contributed by atoms with Gasteiger partial charge in [-0.3, -0.25) is 0 Å². The highest BCUT2D eigenvalue weighted by atomic mass is 79.9. The molecule has 100 valence electrons. The maximum atomic E-state index is 5.52. The summed E-state index contributed by atoms with van der Waals surface area (Å²) in [5.41, 5.74) is 1.02. The molecule has 0 aliphatic rings. The van der Waals surface area contributed by atoms with Gasteiger partial charge in [0.1, 0.15) is 6.61 Å². The molecular weight excluding hydrogens is 312 g/mol. The number of nitrogens with zero attached hydrogens (tertiary/aromatic N) is 3. The molecule has 1 aromatic carbocycles. The minimum Gasteiger partial charge on any atom is -0.467 e. The molecule has 0 unspecified atom stereocenters. The summed E-state index contributed by atoms with van der Waals surface area (Å²) in [6.07, 6.45) is 0. The first-order valence-corrected chi connectivity index (χ1v) is 6.35. The van der Waals surface area contributed by atoms with Gasteiger partial charge in [-0.05, 0) is 17.7 Å². The van der Waals surface area contributed by atoms with Gasteiger partial charge in [-0.25, -0.2) is 0 Å². The average molecular weight is 325 g/mol. The van der Waals surface area contributed by atoms with Crippen LogP contribution in [0.15, 0.2) is 28.7 Å². The van der Waals surface area contributed by atoms with Crippen molar-refractivity contribution in [3.63, 3.8) is 0 Å². The molecule has 1 aromatic heterocycles. The van der Waals surface area contributed by atoms with E-state index in [-0.39, 0.29) is 12.0 Å². The molecule has 1 heterocycles. The van der Waals surface area contributed by atoms with Gasteiger partial charge in [0.2, 0.25) is 5.95 Å². The van der Waals surface area contributed by atoms with Crippen LogP contribution in [0.25, 0.3) is 0 Å². The predicted molar refractivity (Wildman–Crippen MR) is 74.4 cm³/mol. The molecular formula is C12H13BrN4O2. The van der Waals surface area contributed by atoms with Crippen LogP contribution in [0.2, 0.25) is 0 Å². The van der Waals surface area contributed by atoms with Crippen LogP contribution in [0.1, 0.15) is 5.56 Å². The van der Waals surface area contributed by atoms with Gasteiger partial charge in [-0.2, -0.15) is 9.97 Å². The Labute approximate surface area is 119 Å². The summed E-state index contributed by atoms with van der Waals surface area (Å²) in [5.74, 6) is 0.401. The average Bonchev–Trinajstić information content (AvgIpc) is 2.46. The number of hydrogen-bond donors (Lipinski definition) is 1. The molecule has 0 spiro atoms. The number of halogens is 1. The summed E-state index contributed by atoms with van der Waals surface area (Å²) < 4.78 is 11.5. The van der Waals surface area contributed by atoms with Crippen LogP contribution in [0, 0.1) is 0 Å². The van der Waals surface area contributed by atoms with Gasteiger partial charge in [-0.1, -0.05) is 28.1 Å². The zero-order chi connectivity index (χ0) is 13.7. The maximum Gasteiger partial charge on any atom is 0.324 e. The molecule has 6 nitrogen and oxygen atoms in total. The molecule has 0 fully saturated rings. The molecule has 0 aliphatic carbocycles. The van der Waals surface area contributed by atoms with Crippen molar-refractivity contribution >= 4 is 21.9 Å². The van der Waals surface area contributed by atoms with Gasteiger partial charge in [0, 0.05) is 11.5 Å². The van der Waals surface area contributed by atoms with E-state index < -0.39 is 0 Å². The molecule has 7 heteroatoms. The maximum absolute atomic E-state index is 5.52. The highest BCUT2D eigenvalue weighted by molar-refractivity contribution is 9.10. The van der Waals surface area contributed by atoms with Crippen molar-refractivity contribution in [1.29, 1.82) is 0 Å². The van der Waals surface area contributed by atoms with Crippen molar-refractivity contribution in [3.05, 3.63) is 34.3 Å². The molecule has 0 bridgehead atoms. The first-order chi connectivity index (χ1) is 9.21. The number of rotatable bonds is 5. The molecule has 2 rings (SSSR count). The zero-order valence-electron chi connectivity index (χ0n) is 10.6. The van der Waals surface area contributed by atoms with Crippen molar-refractivity contribution in [2.24, 2.45) is 0 Å². The zero-order valence-corrected chi connectivity index (χ0v) is 12.1. The second-order valence-corrected chi connectivity index (χ2v) is 4.51. The molecule has 0 radical (unpaired) electrons. The van der Waals surface area contributed by atoms with Gasteiger partial charge in [0.15, 0.2) is 0 Å². The smallest absolute Gasteiger partial charge is 0.324 e. The van der Waals surface area contributed by atoms with E-state index in [1.807, 2.05) is 24.3 Å². The van der Waals surface area contributed by atoms with Crippen LogP contribution in [-0.4, -0.2) is 29.1 Å². The normalized spacial score (nSPS) is 10.1. The molecule has 0 amide bonds. The molecule has 0 aliphatic heterocycles. The van der Waals surface area contributed by atoms with Crippen molar-refractivity contribution in [1.82, 2.24) is 15.0 Å². The Balaban J connectivity index is 2.08. The van der Waals surface area contributed by atoms with Crippen LogP contribution < -0.4 is 14.8 Å².